The predicted molar refractivity (Wildman–Crippen MR) is 252 cm³/mol. The van der Waals surface area contributed by atoms with Gasteiger partial charge >= 0.3 is 17.9 Å². The van der Waals surface area contributed by atoms with Crippen LogP contribution in [0.2, 0.25) is 0 Å². The Labute approximate surface area is 366 Å². The van der Waals surface area contributed by atoms with E-state index in [1.165, 1.54) is 173 Å². The van der Waals surface area contributed by atoms with Crippen LogP contribution in [0, 0.1) is 0 Å². The number of carbonyl (C=O) groups is 3. The first-order chi connectivity index (χ1) is 29.0. The maximum Gasteiger partial charge on any atom is 0.306 e. The molecule has 0 aliphatic rings. The van der Waals surface area contributed by atoms with Crippen LogP contribution < -0.4 is 0 Å². The summed E-state index contributed by atoms with van der Waals surface area (Å²) in [6.45, 7) is 6.62. The van der Waals surface area contributed by atoms with Crippen molar-refractivity contribution in [3.8, 4) is 0 Å². The lowest BCUT2D eigenvalue weighted by atomic mass is 10.1. The van der Waals surface area contributed by atoms with Gasteiger partial charge in [-0.1, -0.05) is 212 Å². The van der Waals surface area contributed by atoms with Crippen LogP contribution in [-0.4, -0.2) is 37.2 Å². The van der Waals surface area contributed by atoms with Gasteiger partial charge in [-0.2, -0.15) is 0 Å². The van der Waals surface area contributed by atoms with E-state index >= 15 is 0 Å². The normalized spacial score (nSPS) is 12.1. The molecule has 6 nitrogen and oxygen atoms in total. The minimum absolute atomic E-state index is 0.0723. The van der Waals surface area contributed by atoms with Gasteiger partial charge in [0.2, 0.25) is 0 Å². The molecule has 0 aromatic heterocycles. The van der Waals surface area contributed by atoms with Crippen molar-refractivity contribution in [1.82, 2.24) is 0 Å². The van der Waals surface area contributed by atoms with Crippen molar-refractivity contribution in [2.75, 3.05) is 13.2 Å². The Bertz CT molecular complexity index is 958. The van der Waals surface area contributed by atoms with Crippen molar-refractivity contribution in [2.24, 2.45) is 0 Å². The summed E-state index contributed by atoms with van der Waals surface area (Å²) in [6.07, 6.45) is 54.4. The van der Waals surface area contributed by atoms with Gasteiger partial charge in [0.15, 0.2) is 6.10 Å². The number of hydrogen-bond acceptors (Lipinski definition) is 6. The fourth-order valence-electron chi connectivity index (χ4n) is 7.49. The highest BCUT2D eigenvalue weighted by Gasteiger charge is 2.19. The topological polar surface area (TPSA) is 78.9 Å². The zero-order valence-electron chi connectivity index (χ0n) is 39.5. The fraction of sp³-hybridized carbons (Fsp3) is 0.868. The van der Waals surface area contributed by atoms with E-state index in [9.17, 15) is 14.4 Å². The molecule has 0 heterocycles. The van der Waals surface area contributed by atoms with Gasteiger partial charge in [-0.3, -0.25) is 14.4 Å². The Morgan fingerprint density at radius 1 is 0.322 bits per heavy atom. The molecule has 0 aromatic carbocycles. The molecule has 0 fully saturated rings. The third kappa shape index (κ3) is 46.8. The third-order valence-electron chi connectivity index (χ3n) is 11.4. The summed E-state index contributed by atoms with van der Waals surface area (Å²) in [5.41, 5.74) is 0. The number of hydrogen-bond donors (Lipinski definition) is 0. The molecule has 0 amide bonds. The summed E-state index contributed by atoms with van der Waals surface area (Å²) in [5.74, 6) is -0.876. The second-order valence-electron chi connectivity index (χ2n) is 17.4. The van der Waals surface area contributed by atoms with Crippen LogP contribution in [0.4, 0.5) is 0 Å². The summed E-state index contributed by atoms with van der Waals surface area (Å²) in [5, 5.41) is 0. The largest absolute Gasteiger partial charge is 0.462 e. The van der Waals surface area contributed by atoms with Gasteiger partial charge < -0.3 is 14.2 Å². The number of unbranched alkanes of at least 4 members (excludes halogenated alkanes) is 32. The number of carbonyl (C=O) groups excluding carboxylic acids is 3. The van der Waals surface area contributed by atoms with Crippen molar-refractivity contribution >= 4 is 17.9 Å². The zero-order valence-corrected chi connectivity index (χ0v) is 39.5. The highest BCUT2D eigenvalue weighted by atomic mass is 16.6. The lowest BCUT2D eigenvalue weighted by molar-refractivity contribution is -0.167. The molecule has 0 radical (unpaired) electrons. The first kappa shape index (κ1) is 56.9. The lowest BCUT2D eigenvalue weighted by Gasteiger charge is -2.18. The van der Waals surface area contributed by atoms with Gasteiger partial charge in [0.1, 0.15) is 13.2 Å². The number of esters is 3. The summed E-state index contributed by atoms with van der Waals surface area (Å²) in [6, 6.07) is 0. The highest BCUT2D eigenvalue weighted by Crippen LogP contribution is 2.15. The monoisotopic (exact) mass is 831 g/mol. The molecule has 6 heteroatoms. The number of rotatable bonds is 47. The molecule has 0 aliphatic carbocycles. The van der Waals surface area contributed by atoms with Crippen LogP contribution in [0.5, 0.6) is 0 Å². The van der Waals surface area contributed by atoms with Gasteiger partial charge in [-0.25, -0.2) is 0 Å². The summed E-state index contributed by atoms with van der Waals surface area (Å²) < 4.78 is 16.8. The Balaban J connectivity index is 4.33. The van der Waals surface area contributed by atoms with Gasteiger partial charge in [0.25, 0.3) is 0 Å². The van der Waals surface area contributed by atoms with Crippen LogP contribution in [0.3, 0.4) is 0 Å². The third-order valence-corrected chi connectivity index (χ3v) is 11.4. The number of allylic oxidation sites excluding steroid dienone is 4. The lowest BCUT2D eigenvalue weighted by Crippen LogP contribution is -2.30. The molecule has 346 valence electrons. The smallest absolute Gasteiger partial charge is 0.306 e. The summed E-state index contributed by atoms with van der Waals surface area (Å²) >= 11 is 0. The van der Waals surface area contributed by atoms with Crippen LogP contribution in [0.15, 0.2) is 24.3 Å². The Morgan fingerprint density at radius 2 is 0.559 bits per heavy atom. The van der Waals surface area contributed by atoms with Crippen molar-refractivity contribution in [1.29, 1.82) is 0 Å². The van der Waals surface area contributed by atoms with Crippen molar-refractivity contribution in [3.63, 3.8) is 0 Å². The van der Waals surface area contributed by atoms with E-state index in [4.69, 9.17) is 14.2 Å². The summed E-state index contributed by atoms with van der Waals surface area (Å²) in [4.78, 5) is 37.9. The highest BCUT2D eigenvalue weighted by molar-refractivity contribution is 5.71. The molecular formula is C53H98O6. The maximum absolute atomic E-state index is 12.8. The van der Waals surface area contributed by atoms with E-state index in [1.54, 1.807) is 0 Å². The van der Waals surface area contributed by atoms with Crippen molar-refractivity contribution in [3.05, 3.63) is 24.3 Å². The Kier molecular flexibility index (Phi) is 46.8. The molecule has 0 aliphatic heterocycles. The molecule has 0 spiro atoms. The van der Waals surface area contributed by atoms with Crippen LogP contribution in [-0.2, 0) is 28.6 Å². The molecule has 0 saturated carbocycles. The van der Waals surface area contributed by atoms with E-state index in [1.807, 2.05) is 0 Å². The SMILES string of the molecule is CCCCCC/C=C\CCCCCCCCCC(=O)OC(COC(=O)CCCCCCC/C=C\CCCCCCCCC)COC(=O)CCCCCCCCCCCC. The molecule has 0 aromatic rings. The molecule has 0 saturated heterocycles. The quantitative estimate of drug-likeness (QED) is 0.0263. The first-order valence-corrected chi connectivity index (χ1v) is 25.8. The van der Waals surface area contributed by atoms with Gasteiger partial charge in [0.05, 0.1) is 0 Å². The molecule has 0 N–H and O–H groups in total. The Morgan fingerprint density at radius 3 is 0.864 bits per heavy atom. The van der Waals surface area contributed by atoms with E-state index in [-0.39, 0.29) is 31.1 Å². The van der Waals surface area contributed by atoms with Crippen molar-refractivity contribution < 1.29 is 28.6 Å². The van der Waals surface area contributed by atoms with Gasteiger partial charge in [0, 0.05) is 19.3 Å². The van der Waals surface area contributed by atoms with Crippen molar-refractivity contribution in [2.45, 2.75) is 284 Å². The molecule has 1 unspecified atom stereocenters. The average molecular weight is 831 g/mol. The average Bonchev–Trinajstić information content (AvgIpc) is 3.23. The molecule has 0 rings (SSSR count). The standard InChI is InChI=1S/C53H98O6/c1-4-7-10-13-16-19-22-24-26-28-29-31-34-37-40-43-46-52(55)58-49-50(48-57-51(54)45-42-39-36-33-21-18-15-12-9-6-3)59-53(56)47-44-41-38-35-32-30-27-25-23-20-17-14-11-8-5-2/h20,23,26,28,50H,4-19,21-22,24-25,27,29-49H2,1-3H3/b23-20-,28-26-. The van der Waals surface area contributed by atoms with Crippen LogP contribution in [0.1, 0.15) is 278 Å². The van der Waals surface area contributed by atoms with Gasteiger partial charge in [-0.15, -0.1) is 0 Å². The van der Waals surface area contributed by atoms with Crippen LogP contribution in [0.25, 0.3) is 0 Å². The second-order valence-corrected chi connectivity index (χ2v) is 17.4. The zero-order chi connectivity index (χ0) is 43.0. The summed E-state index contributed by atoms with van der Waals surface area (Å²) in [7, 11) is 0. The second kappa shape index (κ2) is 48.6. The molecule has 59 heavy (non-hydrogen) atoms. The minimum atomic E-state index is -0.771. The minimum Gasteiger partial charge on any atom is -0.462 e. The fourth-order valence-corrected chi connectivity index (χ4v) is 7.49. The predicted octanol–water partition coefficient (Wildman–Crippen LogP) is 16.8. The number of ether oxygens (including phenoxy) is 3. The molecule has 0 bridgehead atoms. The van der Waals surface area contributed by atoms with E-state index in [0.29, 0.717) is 19.3 Å². The van der Waals surface area contributed by atoms with E-state index in [2.05, 4.69) is 45.1 Å². The van der Waals surface area contributed by atoms with E-state index in [0.717, 1.165) is 64.2 Å². The molecular weight excluding hydrogens is 733 g/mol. The van der Waals surface area contributed by atoms with Gasteiger partial charge in [-0.05, 0) is 70.6 Å². The van der Waals surface area contributed by atoms with E-state index < -0.39 is 6.10 Å². The maximum atomic E-state index is 12.8. The Hall–Kier alpha value is -2.11. The molecule has 1 atom stereocenters. The van der Waals surface area contributed by atoms with Crippen LogP contribution >= 0.6 is 0 Å². The first-order valence-electron chi connectivity index (χ1n) is 25.8.